The van der Waals surface area contributed by atoms with Crippen LogP contribution in [0.1, 0.15) is 22.8 Å². The summed E-state index contributed by atoms with van der Waals surface area (Å²) in [5.41, 5.74) is 3.62. The molecule has 1 amide bonds. The first-order valence-electron chi connectivity index (χ1n) is 8.07. The molecule has 0 fully saturated rings. The Labute approximate surface area is 155 Å². The maximum absolute atomic E-state index is 12.0. The van der Waals surface area contributed by atoms with Crippen molar-refractivity contribution < 1.29 is 14.3 Å². The molecule has 3 aromatic rings. The number of hydrogen-bond acceptors (Lipinski definition) is 5. The van der Waals surface area contributed by atoms with Gasteiger partial charge in [-0.25, -0.2) is 4.98 Å². The van der Waals surface area contributed by atoms with Crippen LogP contribution in [0.25, 0.3) is 11.3 Å². The molecule has 1 N–H and O–H groups in total. The number of Topliss-reactive ketones (excluding diaryl/α,β-unsaturated/α-hetero) is 1. The van der Waals surface area contributed by atoms with Crippen LogP contribution in [0.5, 0.6) is 5.75 Å². The normalized spacial score (nSPS) is 10.4. The van der Waals surface area contributed by atoms with Crippen LogP contribution in [0.15, 0.2) is 53.9 Å². The lowest BCUT2D eigenvalue weighted by Gasteiger charge is -2.06. The van der Waals surface area contributed by atoms with Crippen LogP contribution in [-0.2, 0) is 4.79 Å². The first-order chi connectivity index (χ1) is 12.5. The quantitative estimate of drug-likeness (QED) is 0.659. The summed E-state index contributed by atoms with van der Waals surface area (Å²) in [6, 6.07) is 14.7. The number of ether oxygens (including phenoxy) is 1. The van der Waals surface area contributed by atoms with Gasteiger partial charge in [0.1, 0.15) is 5.75 Å². The third kappa shape index (κ3) is 4.55. The molecule has 0 bridgehead atoms. The number of aryl methyl sites for hydroxylation is 1. The number of thiazole rings is 1. The molecule has 0 saturated carbocycles. The van der Waals surface area contributed by atoms with Gasteiger partial charge in [0.15, 0.2) is 17.5 Å². The van der Waals surface area contributed by atoms with E-state index in [0.29, 0.717) is 16.4 Å². The predicted molar refractivity (Wildman–Crippen MR) is 103 cm³/mol. The monoisotopic (exact) mass is 366 g/mol. The minimum absolute atomic E-state index is 0.0116. The first kappa shape index (κ1) is 17.8. The van der Waals surface area contributed by atoms with Crippen molar-refractivity contribution in [3.8, 4) is 17.0 Å². The van der Waals surface area contributed by atoms with E-state index in [0.717, 1.165) is 11.3 Å². The molecule has 5 nitrogen and oxygen atoms in total. The number of anilines is 1. The second-order valence-electron chi connectivity index (χ2n) is 5.82. The molecule has 0 radical (unpaired) electrons. The van der Waals surface area contributed by atoms with E-state index in [2.05, 4.69) is 10.3 Å². The number of benzene rings is 2. The smallest absolute Gasteiger partial charge is 0.264 e. The van der Waals surface area contributed by atoms with E-state index in [1.54, 1.807) is 24.3 Å². The second-order valence-corrected chi connectivity index (χ2v) is 6.68. The Bertz CT molecular complexity index is 915. The standard InChI is InChI=1S/C20H18N2O3S/c1-13-3-5-16(6-4-13)18-12-26-20(21-18)22-19(24)11-25-17-9-7-15(8-10-17)14(2)23/h3-10,12H,11H2,1-2H3,(H,21,22,24). The zero-order chi connectivity index (χ0) is 18.5. The molecule has 26 heavy (non-hydrogen) atoms. The second kappa shape index (κ2) is 7.93. The third-order valence-corrected chi connectivity index (χ3v) is 4.49. The van der Waals surface area contributed by atoms with Crippen LogP contribution in [0.2, 0.25) is 0 Å². The number of amides is 1. The number of nitrogens with one attached hydrogen (secondary N) is 1. The molecular formula is C20H18N2O3S. The van der Waals surface area contributed by atoms with Crippen molar-refractivity contribution in [1.82, 2.24) is 4.98 Å². The van der Waals surface area contributed by atoms with Gasteiger partial charge in [0.2, 0.25) is 0 Å². The fourth-order valence-electron chi connectivity index (χ4n) is 2.28. The van der Waals surface area contributed by atoms with Gasteiger partial charge in [-0.2, -0.15) is 0 Å². The number of nitrogens with zero attached hydrogens (tertiary/aromatic N) is 1. The lowest BCUT2D eigenvalue weighted by Crippen LogP contribution is -2.20. The van der Waals surface area contributed by atoms with Crippen LogP contribution in [0.4, 0.5) is 5.13 Å². The van der Waals surface area contributed by atoms with Crippen molar-refractivity contribution in [3.63, 3.8) is 0 Å². The van der Waals surface area contributed by atoms with Gasteiger partial charge in [-0.05, 0) is 38.1 Å². The van der Waals surface area contributed by atoms with Crippen molar-refractivity contribution in [2.75, 3.05) is 11.9 Å². The summed E-state index contributed by atoms with van der Waals surface area (Å²) in [4.78, 5) is 27.7. The van der Waals surface area contributed by atoms with Crippen molar-refractivity contribution in [1.29, 1.82) is 0 Å². The fraction of sp³-hybridized carbons (Fsp3) is 0.150. The van der Waals surface area contributed by atoms with Crippen LogP contribution in [0, 0.1) is 6.92 Å². The fourth-order valence-corrected chi connectivity index (χ4v) is 3.01. The highest BCUT2D eigenvalue weighted by atomic mass is 32.1. The summed E-state index contributed by atoms with van der Waals surface area (Å²) in [5, 5.41) is 5.17. The summed E-state index contributed by atoms with van der Waals surface area (Å²) >= 11 is 1.37. The van der Waals surface area contributed by atoms with E-state index in [-0.39, 0.29) is 18.3 Å². The highest BCUT2D eigenvalue weighted by Gasteiger charge is 2.09. The number of carbonyl (C=O) groups excluding carboxylic acids is 2. The van der Waals surface area contributed by atoms with Gasteiger partial charge >= 0.3 is 0 Å². The Morgan fingerprint density at radius 2 is 1.77 bits per heavy atom. The van der Waals surface area contributed by atoms with Crippen molar-refractivity contribution in [2.24, 2.45) is 0 Å². The predicted octanol–water partition coefficient (Wildman–Crippen LogP) is 4.34. The van der Waals surface area contributed by atoms with Crippen LogP contribution in [0.3, 0.4) is 0 Å². The van der Waals surface area contributed by atoms with Gasteiger partial charge in [0, 0.05) is 16.5 Å². The van der Waals surface area contributed by atoms with Gasteiger partial charge in [0.05, 0.1) is 5.69 Å². The average Bonchev–Trinajstić information content (AvgIpc) is 3.09. The molecule has 0 aliphatic rings. The van der Waals surface area contributed by atoms with E-state index in [9.17, 15) is 9.59 Å². The summed E-state index contributed by atoms with van der Waals surface area (Å²) in [6.07, 6.45) is 0. The number of rotatable bonds is 6. The molecule has 132 valence electrons. The maximum Gasteiger partial charge on any atom is 0.264 e. The largest absolute Gasteiger partial charge is 0.484 e. The van der Waals surface area contributed by atoms with Crippen LogP contribution >= 0.6 is 11.3 Å². The number of hydrogen-bond donors (Lipinski definition) is 1. The van der Waals surface area contributed by atoms with Crippen LogP contribution in [-0.4, -0.2) is 23.3 Å². The van der Waals surface area contributed by atoms with E-state index in [4.69, 9.17) is 4.74 Å². The SMILES string of the molecule is CC(=O)c1ccc(OCC(=O)Nc2nc(-c3ccc(C)cc3)cs2)cc1. The van der Waals surface area contributed by atoms with Gasteiger partial charge < -0.3 is 4.74 Å². The Morgan fingerprint density at radius 3 is 2.42 bits per heavy atom. The number of carbonyl (C=O) groups is 2. The lowest BCUT2D eigenvalue weighted by atomic mass is 10.1. The first-order valence-corrected chi connectivity index (χ1v) is 8.95. The summed E-state index contributed by atoms with van der Waals surface area (Å²) in [5.74, 6) is 0.234. The molecule has 0 saturated heterocycles. The van der Waals surface area contributed by atoms with Gasteiger partial charge in [-0.3, -0.25) is 14.9 Å². The highest BCUT2D eigenvalue weighted by Crippen LogP contribution is 2.25. The molecule has 0 aliphatic carbocycles. The minimum atomic E-state index is -0.287. The molecule has 0 atom stereocenters. The molecule has 6 heteroatoms. The molecule has 1 heterocycles. The summed E-state index contributed by atoms with van der Waals surface area (Å²) in [6.45, 7) is 3.41. The van der Waals surface area contributed by atoms with Gasteiger partial charge in [0.25, 0.3) is 5.91 Å². The van der Waals surface area contributed by atoms with E-state index in [1.165, 1.54) is 23.8 Å². The zero-order valence-electron chi connectivity index (χ0n) is 14.5. The Balaban J connectivity index is 1.55. The molecule has 0 spiro atoms. The average molecular weight is 366 g/mol. The molecule has 0 aliphatic heterocycles. The topological polar surface area (TPSA) is 68.3 Å². The van der Waals surface area contributed by atoms with Gasteiger partial charge in [-0.15, -0.1) is 11.3 Å². The number of aromatic nitrogens is 1. The maximum atomic E-state index is 12.0. The molecule has 2 aromatic carbocycles. The molecular weight excluding hydrogens is 348 g/mol. The van der Waals surface area contributed by atoms with Crippen molar-refractivity contribution in [2.45, 2.75) is 13.8 Å². The summed E-state index contributed by atoms with van der Waals surface area (Å²) < 4.78 is 5.43. The van der Waals surface area contributed by atoms with Crippen LogP contribution < -0.4 is 10.1 Å². The Kier molecular flexibility index (Phi) is 5.43. The minimum Gasteiger partial charge on any atom is -0.484 e. The van der Waals surface area contributed by atoms with E-state index in [1.807, 2.05) is 36.6 Å². The third-order valence-electron chi connectivity index (χ3n) is 3.73. The van der Waals surface area contributed by atoms with E-state index < -0.39 is 0 Å². The highest BCUT2D eigenvalue weighted by molar-refractivity contribution is 7.14. The lowest BCUT2D eigenvalue weighted by molar-refractivity contribution is -0.118. The molecule has 0 unspecified atom stereocenters. The molecule has 1 aromatic heterocycles. The van der Waals surface area contributed by atoms with Crippen molar-refractivity contribution in [3.05, 3.63) is 65.0 Å². The Hall–Kier alpha value is -2.99. The summed E-state index contributed by atoms with van der Waals surface area (Å²) in [7, 11) is 0. The van der Waals surface area contributed by atoms with Crippen molar-refractivity contribution >= 4 is 28.2 Å². The Morgan fingerprint density at radius 1 is 1.08 bits per heavy atom. The molecule has 3 rings (SSSR count). The van der Waals surface area contributed by atoms with E-state index >= 15 is 0 Å². The zero-order valence-corrected chi connectivity index (χ0v) is 15.3. The van der Waals surface area contributed by atoms with Gasteiger partial charge in [-0.1, -0.05) is 29.8 Å². The number of ketones is 1.